The maximum absolute atomic E-state index is 10.9. The lowest BCUT2D eigenvalue weighted by molar-refractivity contribution is 0.621. The van der Waals surface area contributed by atoms with Crippen LogP contribution in [0.3, 0.4) is 0 Å². The number of para-hydroxylation sites is 2. The molecule has 6 aromatic carbocycles. The Labute approximate surface area is 288 Å². The largest absolute Gasteiger partial charge is 0.309 e. The van der Waals surface area contributed by atoms with Crippen molar-refractivity contribution < 1.29 is 0 Å². The normalized spacial score (nSPS) is 17.6. The lowest BCUT2D eigenvalue weighted by Gasteiger charge is -2.52. The number of allylic oxidation sites excluding steroid dienone is 4. The molecule has 1 aromatic heterocycles. The van der Waals surface area contributed by atoms with Crippen LogP contribution in [0.1, 0.15) is 18.4 Å². The van der Waals surface area contributed by atoms with Crippen molar-refractivity contribution in [2.45, 2.75) is 17.9 Å². The van der Waals surface area contributed by atoms with E-state index in [1.807, 2.05) is 6.08 Å². The van der Waals surface area contributed by atoms with Crippen LogP contribution in [-0.4, -0.2) is 12.6 Å². The smallest absolute Gasteiger partial charge is 0.158 e. The van der Waals surface area contributed by atoms with Gasteiger partial charge in [-0.25, -0.2) is 0 Å². The number of rotatable bonds is 6. The molecule has 1 heterocycles. The summed E-state index contributed by atoms with van der Waals surface area (Å²) in [6.07, 6.45) is 4.15. The topological polar surface area (TPSA) is 52.5 Å². The molecule has 0 N–H and O–H groups in total. The van der Waals surface area contributed by atoms with Crippen LogP contribution in [0, 0.1) is 22.7 Å². The van der Waals surface area contributed by atoms with Crippen molar-refractivity contribution in [3.05, 3.63) is 193 Å². The van der Waals surface area contributed by atoms with E-state index in [9.17, 15) is 10.5 Å². The maximum atomic E-state index is 10.9. The molecule has 0 spiro atoms. The zero-order valence-electron chi connectivity index (χ0n) is 27.2. The van der Waals surface area contributed by atoms with E-state index in [0.717, 1.165) is 22.3 Å². The van der Waals surface area contributed by atoms with E-state index >= 15 is 0 Å². The summed E-state index contributed by atoms with van der Waals surface area (Å²) >= 11 is 0. The van der Waals surface area contributed by atoms with Gasteiger partial charge in [0.1, 0.15) is 6.07 Å². The molecule has 4 heteroatoms. The fraction of sp³-hybridized carbons (Fsp3) is 0.0667. The van der Waals surface area contributed by atoms with Crippen LogP contribution in [0.4, 0.5) is 0 Å². The molecular formula is C45H33N3Si. The third-order valence-electron chi connectivity index (χ3n) is 10.5. The third kappa shape index (κ3) is 4.54. The molecule has 0 radical (unpaired) electrons. The van der Waals surface area contributed by atoms with Crippen molar-refractivity contribution in [3.63, 3.8) is 0 Å². The number of fused-ring (bicyclic) bond motifs is 3. The monoisotopic (exact) mass is 643 g/mol. The third-order valence-corrected chi connectivity index (χ3v) is 16.2. The zero-order chi connectivity index (χ0) is 33.4. The molecule has 0 amide bonds. The first-order valence-corrected chi connectivity index (χ1v) is 18.6. The average Bonchev–Trinajstić information content (AvgIpc) is 3.51. The van der Waals surface area contributed by atoms with Crippen molar-refractivity contribution in [2.75, 3.05) is 0 Å². The van der Waals surface area contributed by atoms with Gasteiger partial charge in [-0.1, -0.05) is 153 Å². The molecule has 2 unspecified atom stereocenters. The molecule has 1 aliphatic rings. The highest BCUT2D eigenvalue weighted by molar-refractivity contribution is 7.13. The Bertz CT molecular complexity index is 2310. The van der Waals surface area contributed by atoms with E-state index in [1.165, 1.54) is 26.3 Å². The molecule has 0 fully saturated rings. The number of hydrogen-bond donors (Lipinski definition) is 0. The molecule has 3 nitrogen and oxygen atoms in total. The van der Waals surface area contributed by atoms with Gasteiger partial charge in [0.2, 0.25) is 0 Å². The van der Waals surface area contributed by atoms with Crippen molar-refractivity contribution in [3.8, 4) is 17.8 Å². The SMILES string of the molecule is CC1([Si](c2ccccc2)(c2ccccc2)c2ccccc2)C=CC(C#N)=C(C#N)C1c1ccc(-n2c3ccccc3c3ccccc32)cc1. The lowest BCUT2D eigenvalue weighted by atomic mass is 9.75. The summed E-state index contributed by atoms with van der Waals surface area (Å²) in [6, 6.07) is 63.1. The minimum atomic E-state index is -3.02. The Morgan fingerprint density at radius 2 is 1.00 bits per heavy atom. The highest BCUT2D eigenvalue weighted by Crippen LogP contribution is 2.57. The minimum absolute atomic E-state index is 0.378. The van der Waals surface area contributed by atoms with E-state index in [0.29, 0.717) is 11.1 Å². The number of nitrogens with zero attached hydrogens (tertiary/aromatic N) is 3. The molecule has 8 rings (SSSR count). The first kappa shape index (κ1) is 30.2. The average molecular weight is 644 g/mol. The lowest BCUT2D eigenvalue weighted by Crippen LogP contribution is -2.74. The summed E-state index contributed by atoms with van der Waals surface area (Å²) in [4.78, 5) is 0. The van der Waals surface area contributed by atoms with E-state index in [1.54, 1.807) is 0 Å². The van der Waals surface area contributed by atoms with Crippen LogP contribution in [0.5, 0.6) is 0 Å². The second-order valence-corrected chi connectivity index (χ2v) is 17.2. The molecule has 49 heavy (non-hydrogen) atoms. The van der Waals surface area contributed by atoms with Gasteiger partial charge in [0.05, 0.1) is 28.2 Å². The summed E-state index contributed by atoms with van der Waals surface area (Å²) in [5.74, 6) is -0.378. The van der Waals surface area contributed by atoms with Gasteiger partial charge in [0.25, 0.3) is 0 Å². The predicted molar refractivity (Wildman–Crippen MR) is 203 cm³/mol. The zero-order valence-corrected chi connectivity index (χ0v) is 28.2. The van der Waals surface area contributed by atoms with Crippen molar-refractivity contribution >= 4 is 45.4 Å². The van der Waals surface area contributed by atoms with Gasteiger partial charge in [-0.15, -0.1) is 0 Å². The van der Waals surface area contributed by atoms with Crippen LogP contribution in [0.25, 0.3) is 27.5 Å². The Balaban J connectivity index is 1.40. The standard InChI is InChI=1S/C45H33N3Si/c1-45(49(36-15-5-2-6-16-36,37-17-7-3-8-18-37)38-19-9-4-10-20-38)30-29-34(31-46)41(32-47)44(45)33-25-27-35(28-26-33)48-42-23-13-11-21-39(42)40-22-12-14-24-43(40)48/h2-30,44H,1H3. The molecule has 0 bridgehead atoms. The second-order valence-electron chi connectivity index (χ2n) is 12.9. The maximum Gasteiger partial charge on any atom is 0.158 e. The number of hydrogen-bond acceptors (Lipinski definition) is 2. The number of benzene rings is 6. The van der Waals surface area contributed by atoms with Gasteiger partial charge in [0.15, 0.2) is 8.07 Å². The van der Waals surface area contributed by atoms with E-state index in [-0.39, 0.29) is 5.92 Å². The molecule has 0 saturated carbocycles. The van der Waals surface area contributed by atoms with Crippen LogP contribution in [0.15, 0.2) is 187 Å². The molecule has 1 aliphatic carbocycles. The molecule has 0 aliphatic heterocycles. The Morgan fingerprint density at radius 3 is 1.45 bits per heavy atom. The molecular weight excluding hydrogens is 611 g/mol. The first-order valence-electron chi connectivity index (χ1n) is 16.6. The number of aromatic nitrogens is 1. The van der Waals surface area contributed by atoms with Crippen molar-refractivity contribution in [1.29, 1.82) is 10.5 Å². The summed E-state index contributed by atoms with van der Waals surface area (Å²) < 4.78 is 2.31. The highest BCUT2D eigenvalue weighted by Gasteiger charge is 2.58. The Morgan fingerprint density at radius 1 is 0.551 bits per heavy atom. The van der Waals surface area contributed by atoms with Gasteiger partial charge >= 0.3 is 0 Å². The highest BCUT2D eigenvalue weighted by atomic mass is 28.3. The first-order chi connectivity index (χ1) is 24.1. The van der Waals surface area contributed by atoms with E-state index < -0.39 is 13.1 Å². The van der Waals surface area contributed by atoms with Crippen LogP contribution in [0.2, 0.25) is 5.04 Å². The van der Waals surface area contributed by atoms with Gasteiger partial charge < -0.3 is 4.57 Å². The summed E-state index contributed by atoms with van der Waals surface area (Å²) in [6.45, 7) is 2.32. The van der Waals surface area contributed by atoms with E-state index in [2.05, 4.69) is 193 Å². The van der Waals surface area contributed by atoms with Gasteiger partial charge in [-0.05, 0) is 51.5 Å². The quantitative estimate of drug-likeness (QED) is 0.134. The van der Waals surface area contributed by atoms with Gasteiger partial charge in [-0.2, -0.15) is 10.5 Å². The van der Waals surface area contributed by atoms with Crippen LogP contribution in [-0.2, 0) is 0 Å². The molecule has 2 atom stereocenters. The Hall–Kier alpha value is -6.20. The number of nitriles is 2. The predicted octanol–water partition coefficient (Wildman–Crippen LogP) is 8.71. The molecule has 0 saturated heterocycles. The summed E-state index contributed by atoms with van der Waals surface area (Å²) in [7, 11) is -3.02. The van der Waals surface area contributed by atoms with Crippen molar-refractivity contribution in [1.82, 2.24) is 4.57 Å². The van der Waals surface area contributed by atoms with Gasteiger partial charge in [0, 0.05) is 27.4 Å². The Kier molecular flexibility index (Phi) is 7.45. The molecule has 232 valence electrons. The summed E-state index contributed by atoms with van der Waals surface area (Å²) in [5, 5.41) is 26.8. The van der Waals surface area contributed by atoms with E-state index in [4.69, 9.17) is 0 Å². The van der Waals surface area contributed by atoms with Crippen LogP contribution >= 0.6 is 0 Å². The van der Waals surface area contributed by atoms with Gasteiger partial charge in [-0.3, -0.25) is 0 Å². The second kappa shape index (κ2) is 12.1. The summed E-state index contributed by atoms with van der Waals surface area (Å²) in [5.41, 5.74) is 5.30. The fourth-order valence-corrected chi connectivity index (χ4v) is 14.5. The molecule has 7 aromatic rings. The fourth-order valence-electron chi connectivity index (χ4n) is 8.49. The van der Waals surface area contributed by atoms with Crippen molar-refractivity contribution in [2.24, 2.45) is 0 Å². The minimum Gasteiger partial charge on any atom is -0.309 e. The van der Waals surface area contributed by atoms with Crippen LogP contribution < -0.4 is 15.6 Å².